The second-order valence-corrected chi connectivity index (χ2v) is 4.67. The molecule has 1 saturated carbocycles. The Balaban J connectivity index is 2.10. The Morgan fingerprint density at radius 3 is 2.25 bits per heavy atom. The van der Waals surface area contributed by atoms with Crippen molar-refractivity contribution < 1.29 is 8.78 Å². The van der Waals surface area contributed by atoms with Crippen molar-refractivity contribution in [1.82, 2.24) is 4.90 Å². The minimum absolute atomic E-state index is 0.0434. The molecule has 2 aliphatic rings. The van der Waals surface area contributed by atoms with E-state index in [1.54, 1.807) is 0 Å². The van der Waals surface area contributed by atoms with Crippen LogP contribution in [0.5, 0.6) is 0 Å². The van der Waals surface area contributed by atoms with E-state index in [1.165, 1.54) is 0 Å². The van der Waals surface area contributed by atoms with E-state index in [-0.39, 0.29) is 24.2 Å². The lowest BCUT2D eigenvalue weighted by molar-refractivity contribution is -0.0442. The van der Waals surface area contributed by atoms with Crippen LogP contribution >= 0.6 is 0 Å². The first kappa shape index (κ1) is 8.42. The topological polar surface area (TPSA) is 3.24 Å². The van der Waals surface area contributed by atoms with Gasteiger partial charge in [-0.05, 0) is 13.0 Å². The quantitative estimate of drug-likeness (QED) is 0.544. The van der Waals surface area contributed by atoms with Gasteiger partial charge in [0, 0.05) is 31.3 Å². The monoisotopic (exact) mass is 175 g/mol. The SMILES string of the molecule is C[C@H]1CC(F)(F)CC12CN(C)C2. The van der Waals surface area contributed by atoms with Crippen LogP contribution in [0.2, 0.25) is 0 Å². The van der Waals surface area contributed by atoms with Gasteiger partial charge >= 0.3 is 0 Å². The molecule has 1 atom stereocenters. The minimum atomic E-state index is -2.39. The second kappa shape index (κ2) is 2.19. The van der Waals surface area contributed by atoms with Gasteiger partial charge in [-0.1, -0.05) is 6.92 Å². The fraction of sp³-hybridized carbons (Fsp3) is 1.00. The maximum Gasteiger partial charge on any atom is 0.249 e. The average molecular weight is 175 g/mol. The molecule has 0 aromatic heterocycles. The number of likely N-dealkylation sites (tertiary alicyclic amines) is 1. The molecule has 0 aromatic rings. The number of alkyl halides is 2. The number of nitrogens with zero attached hydrogens (tertiary/aromatic N) is 1. The van der Waals surface area contributed by atoms with Gasteiger partial charge in [-0.15, -0.1) is 0 Å². The van der Waals surface area contributed by atoms with Crippen LogP contribution in [0.25, 0.3) is 0 Å². The molecule has 0 aromatic carbocycles. The Hall–Kier alpha value is -0.180. The predicted octanol–water partition coefficient (Wildman–Crippen LogP) is 1.98. The van der Waals surface area contributed by atoms with Crippen LogP contribution in [0.3, 0.4) is 0 Å². The standard InChI is InChI=1S/C9H15F2N/c1-7-3-9(10,11)4-8(7)5-12(2)6-8/h7H,3-6H2,1-2H3/t7-/m0/s1. The molecule has 0 radical (unpaired) electrons. The second-order valence-electron chi connectivity index (χ2n) is 4.67. The Bertz CT molecular complexity index is 197. The number of rotatable bonds is 0. The number of halogens is 2. The molecule has 1 spiro atoms. The first-order chi connectivity index (χ1) is 5.44. The predicted molar refractivity (Wildman–Crippen MR) is 43.3 cm³/mol. The Labute approximate surface area is 71.7 Å². The third-order valence-electron chi connectivity index (χ3n) is 3.43. The Morgan fingerprint density at radius 1 is 1.33 bits per heavy atom. The van der Waals surface area contributed by atoms with Crippen molar-refractivity contribution in [1.29, 1.82) is 0 Å². The molecule has 0 N–H and O–H groups in total. The van der Waals surface area contributed by atoms with Crippen molar-refractivity contribution >= 4 is 0 Å². The molecule has 0 unspecified atom stereocenters. The van der Waals surface area contributed by atoms with Gasteiger partial charge in [0.25, 0.3) is 0 Å². The zero-order valence-corrected chi connectivity index (χ0v) is 7.61. The lowest BCUT2D eigenvalue weighted by atomic mass is 9.72. The molecular formula is C9H15F2N. The van der Waals surface area contributed by atoms with E-state index in [2.05, 4.69) is 4.90 Å². The summed E-state index contributed by atoms with van der Waals surface area (Å²) >= 11 is 0. The normalized spacial score (nSPS) is 38.5. The average Bonchev–Trinajstić information content (AvgIpc) is 2.01. The summed E-state index contributed by atoms with van der Waals surface area (Å²) in [5.41, 5.74) is -0.0434. The molecule has 1 aliphatic carbocycles. The highest BCUT2D eigenvalue weighted by Gasteiger charge is 2.58. The first-order valence-electron chi connectivity index (χ1n) is 4.50. The maximum absolute atomic E-state index is 13.0. The van der Waals surface area contributed by atoms with Crippen molar-refractivity contribution in [3.8, 4) is 0 Å². The molecule has 2 rings (SSSR count). The summed E-state index contributed by atoms with van der Waals surface area (Å²) in [6.45, 7) is 3.70. The highest BCUT2D eigenvalue weighted by molar-refractivity contribution is 5.05. The van der Waals surface area contributed by atoms with Crippen LogP contribution < -0.4 is 0 Å². The van der Waals surface area contributed by atoms with Gasteiger partial charge in [-0.3, -0.25) is 0 Å². The Morgan fingerprint density at radius 2 is 1.92 bits per heavy atom. The van der Waals surface area contributed by atoms with Crippen LogP contribution in [0.4, 0.5) is 8.78 Å². The summed E-state index contributed by atoms with van der Waals surface area (Å²) in [5, 5.41) is 0. The minimum Gasteiger partial charge on any atom is -0.305 e. The summed E-state index contributed by atoms with van der Waals surface area (Å²) in [7, 11) is 1.99. The van der Waals surface area contributed by atoms with Crippen molar-refractivity contribution in [2.24, 2.45) is 11.3 Å². The number of hydrogen-bond acceptors (Lipinski definition) is 1. The smallest absolute Gasteiger partial charge is 0.249 e. The molecule has 2 fully saturated rings. The summed E-state index contributed by atoms with van der Waals surface area (Å²) in [6, 6.07) is 0. The van der Waals surface area contributed by atoms with Crippen molar-refractivity contribution in [2.75, 3.05) is 20.1 Å². The van der Waals surface area contributed by atoms with E-state index < -0.39 is 5.92 Å². The zero-order valence-electron chi connectivity index (χ0n) is 7.61. The zero-order chi connectivity index (χ0) is 8.98. The van der Waals surface area contributed by atoms with Crippen LogP contribution in [0.15, 0.2) is 0 Å². The third kappa shape index (κ3) is 1.06. The van der Waals surface area contributed by atoms with E-state index in [9.17, 15) is 8.78 Å². The van der Waals surface area contributed by atoms with E-state index in [0.29, 0.717) is 0 Å². The van der Waals surface area contributed by atoms with Gasteiger partial charge in [-0.25, -0.2) is 8.78 Å². The summed E-state index contributed by atoms with van der Waals surface area (Å²) < 4.78 is 26.0. The van der Waals surface area contributed by atoms with E-state index >= 15 is 0 Å². The van der Waals surface area contributed by atoms with E-state index in [1.807, 2.05) is 14.0 Å². The molecule has 1 heterocycles. The van der Waals surface area contributed by atoms with Crippen LogP contribution in [0, 0.1) is 11.3 Å². The summed E-state index contributed by atoms with van der Waals surface area (Å²) in [4.78, 5) is 2.12. The summed E-state index contributed by atoms with van der Waals surface area (Å²) in [6.07, 6.45) is 0.215. The van der Waals surface area contributed by atoms with Gasteiger partial charge in [0.05, 0.1) is 0 Å². The molecule has 0 bridgehead atoms. The highest BCUT2D eigenvalue weighted by atomic mass is 19.3. The number of hydrogen-bond donors (Lipinski definition) is 0. The molecule has 70 valence electrons. The first-order valence-corrected chi connectivity index (χ1v) is 4.50. The molecule has 3 heteroatoms. The van der Waals surface area contributed by atoms with E-state index in [0.717, 1.165) is 13.1 Å². The lowest BCUT2D eigenvalue weighted by Crippen LogP contribution is -2.55. The van der Waals surface area contributed by atoms with E-state index in [4.69, 9.17) is 0 Å². The van der Waals surface area contributed by atoms with Gasteiger partial charge in [0.15, 0.2) is 0 Å². The fourth-order valence-corrected chi connectivity index (χ4v) is 2.88. The van der Waals surface area contributed by atoms with Gasteiger partial charge < -0.3 is 4.90 Å². The highest BCUT2D eigenvalue weighted by Crippen LogP contribution is 2.55. The van der Waals surface area contributed by atoms with Crippen molar-refractivity contribution in [3.05, 3.63) is 0 Å². The molecule has 1 aliphatic heterocycles. The molecule has 0 amide bonds. The van der Waals surface area contributed by atoms with Crippen molar-refractivity contribution in [2.45, 2.75) is 25.7 Å². The lowest BCUT2D eigenvalue weighted by Gasteiger charge is -2.49. The van der Waals surface area contributed by atoms with Crippen molar-refractivity contribution in [3.63, 3.8) is 0 Å². The molecule has 1 saturated heterocycles. The molecule has 12 heavy (non-hydrogen) atoms. The van der Waals surface area contributed by atoms with Gasteiger partial charge in [-0.2, -0.15) is 0 Å². The van der Waals surface area contributed by atoms with Crippen LogP contribution in [0.1, 0.15) is 19.8 Å². The largest absolute Gasteiger partial charge is 0.305 e. The summed E-state index contributed by atoms with van der Waals surface area (Å²) in [5.74, 6) is -2.19. The fourth-order valence-electron chi connectivity index (χ4n) is 2.88. The van der Waals surface area contributed by atoms with Gasteiger partial charge in [0.2, 0.25) is 5.92 Å². The van der Waals surface area contributed by atoms with Crippen LogP contribution in [-0.2, 0) is 0 Å². The van der Waals surface area contributed by atoms with Gasteiger partial charge in [0.1, 0.15) is 0 Å². The third-order valence-corrected chi connectivity index (χ3v) is 3.43. The Kier molecular flexibility index (Phi) is 1.54. The molecular weight excluding hydrogens is 160 g/mol. The maximum atomic E-state index is 13.0. The molecule has 1 nitrogen and oxygen atoms in total. The van der Waals surface area contributed by atoms with Crippen LogP contribution in [-0.4, -0.2) is 31.0 Å².